The summed E-state index contributed by atoms with van der Waals surface area (Å²) in [5, 5.41) is 11.2. The summed E-state index contributed by atoms with van der Waals surface area (Å²) >= 11 is 0. The number of rotatable bonds is 5. The van der Waals surface area contributed by atoms with Gasteiger partial charge in [-0.1, -0.05) is 20.8 Å². The summed E-state index contributed by atoms with van der Waals surface area (Å²) in [4.78, 5) is 22.2. The van der Waals surface area contributed by atoms with E-state index < -0.39 is 27.2 Å². The molecule has 3 N–H and O–H groups in total. The van der Waals surface area contributed by atoms with Gasteiger partial charge in [-0.25, -0.2) is 8.42 Å². The van der Waals surface area contributed by atoms with Crippen LogP contribution < -0.4 is 10.0 Å². The van der Waals surface area contributed by atoms with E-state index >= 15 is 0 Å². The number of hydrogen-bond acceptors (Lipinski definition) is 4. The predicted molar refractivity (Wildman–Crippen MR) is 79.6 cm³/mol. The normalized spacial score (nSPS) is 11.8. The fourth-order valence-electron chi connectivity index (χ4n) is 1.32. The van der Waals surface area contributed by atoms with Crippen LogP contribution >= 0.6 is 0 Å². The Morgan fingerprint density at radius 2 is 1.57 bits per heavy atom. The topological polar surface area (TPSA) is 113 Å². The number of carbonyl (C=O) groups excluding carboxylic acids is 1. The van der Waals surface area contributed by atoms with Crippen LogP contribution in [0, 0.1) is 5.41 Å². The van der Waals surface area contributed by atoms with Crippen molar-refractivity contribution in [3.63, 3.8) is 0 Å². The smallest absolute Gasteiger partial charge is 0.320 e. The first-order chi connectivity index (χ1) is 9.49. The molecule has 1 rings (SSSR count). The largest absolute Gasteiger partial charge is 0.480 e. The zero-order valence-corrected chi connectivity index (χ0v) is 12.8. The standard InChI is InChI=1S/C13H18N2O5S/c1-13(2,3)12(18)14-9-4-6-10(7-5-9)15-21(19,20)8-11(16)17/h4-7,15H,8H2,1-3H3,(H,14,18)(H,16,17). The van der Waals surface area contributed by atoms with Crippen molar-refractivity contribution in [3.05, 3.63) is 24.3 Å². The van der Waals surface area contributed by atoms with Crippen LogP contribution in [-0.4, -0.2) is 31.2 Å². The monoisotopic (exact) mass is 314 g/mol. The molecular formula is C13H18N2O5S. The second-order valence-electron chi connectivity index (χ2n) is 5.54. The maximum atomic E-state index is 11.8. The first-order valence-corrected chi connectivity index (χ1v) is 7.79. The van der Waals surface area contributed by atoms with Crippen molar-refractivity contribution in [1.29, 1.82) is 0 Å². The second-order valence-corrected chi connectivity index (χ2v) is 7.26. The molecule has 0 aliphatic rings. The molecule has 0 unspecified atom stereocenters. The van der Waals surface area contributed by atoms with E-state index in [9.17, 15) is 18.0 Å². The molecule has 8 heteroatoms. The molecule has 1 amide bonds. The predicted octanol–water partition coefficient (Wildman–Crippen LogP) is 1.50. The third-order valence-corrected chi connectivity index (χ3v) is 3.58. The number of anilines is 2. The highest BCUT2D eigenvalue weighted by Gasteiger charge is 2.21. The zero-order valence-electron chi connectivity index (χ0n) is 12.0. The van der Waals surface area contributed by atoms with Gasteiger partial charge in [0.1, 0.15) is 0 Å². The molecule has 0 bridgehead atoms. The Kier molecular flexibility index (Phi) is 4.95. The van der Waals surface area contributed by atoms with Gasteiger partial charge in [0.05, 0.1) is 0 Å². The van der Waals surface area contributed by atoms with E-state index in [1.54, 1.807) is 20.8 Å². The zero-order chi connectivity index (χ0) is 16.3. The maximum absolute atomic E-state index is 11.8. The Balaban J connectivity index is 2.75. The van der Waals surface area contributed by atoms with Crippen LogP contribution in [0.2, 0.25) is 0 Å². The first-order valence-electron chi connectivity index (χ1n) is 6.13. The molecule has 0 saturated heterocycles. The Bertz CT molecular complexity index is 630. The molecule has 0 saturated carbocycles. The van der Waals surface area contributed by atoms with Crippen molar-refractivity contribution in [2.45, 2.75) is 20.8 Å². The Morgan fingerprint density at radius 3 is 2.00 bits per heavy atom. The summed E-state index contributed by atoms with van der Waals surface area (Å²) in [6, 6.07) is 5.94. The molecule has 0 aromatic heterocycles. The van der Waals surface area contributed by atoms with Crippen LogP contribution in [0.4, 0.5) is 11.4 Å². The Hall–Kier alpha value is -2.09. The van der Waals surface area contributed by atoms with Crippen LogP contribution in [0.5, 0.6) is 0 Å². The van der Waals surface area contributed by atoms with Gasteiger partial charge >= 0.3 is 5.97 Å². The number of carboxylic acids is 1. The fraction of sp³-hybridized carbons (Fsp3) is 0.385. The lowest BCUT2D eigenvalue weighted by atomic mass is 9.95. The van der Waals surface area contributed by atoms with E-state index in [1.165, 1.54) is 24.3 Å². The van der Waals surface area contributed by atoms with E-state index in [0.717, 1.165) is 0 Å². The number of carbonyl (C=O) groups is 2. The van der Waals surface area contributed by atoms with Crippen LogP contribution in [0.25, 0.3) is 0 Å². The van der Waals surface area contributed by atoms with Crippen molar-refractivity contribution >= 4 is 33.3 Å². The third-order valence-electron chi connectivity index (χ3n) is 2.41. The number of hydrogen-bond donors (Lipinski definition) is 3. The minimum absolute atomic E-state index is 0.165. The number of nitrogens with one attached hydrogen (secondary N) is 2. The van der Waals surface area contributed by atoms with Gasteiger partial charge in [0.15, 0.2) is 5.75 Å². The first kappa shape index (κ1) is 17.0. The number of amides is 1. The Morgan fingerprint density at radius 1 is 1.10 bits per heavy atom. The molecule has 0 spiro atoms. The van der Waals surface area contributed by atoms with Crippen molar-refractivity contribution in [2.75, 3.05) is 15.8 Å². The number of carboxylic acid groups (broad SMARTS) is 1. The molecule has 116 valence electrons. The maximum Gasteiger partial charge on any atom is 0.320 e. The molecule has 1 aromatic carbocycles. The van der Waals surface area contributed by atoms with Crippen molar-refractivity contribution in [3.8, 4) is 0 Å². The van der Waals surface area contributed by atoms with E-state index in [2.05, 4.69) is 10.0 Å². The minimum Gasteiger partial charge on any atom is -0.480 e. The molecule has 0 heterocycles. The van der Waals surface area contributed by atoms with E-state index in [0.29, 0.717) is 5.69 Å². The lowest BCUT2D eigenvalue weighted by molar-refractivity contribution is -0.134. The van der Waals surface area contributed by atoms with E-state index in [1.807, 2.05) is 0 Å². The molecule has 7 nitrogen and oxygen atoms in total. The molecule has 1 aromatic rings. The molecule has 0 aliphatic heterocycles. The lowest BCUT2D eigenvalue weighted by Crippen LogP contribution is -2.27. The van der Waals surface area contributed by atoms with Crippen LogP contribution in [0.15, 0.2) is 24.3 Å². The van der Waals surface area contributed by atoms with Crippen LogP contribution in [0.1, 0.15) is 20.8 Å². The van der Waals surface area contributed by atoms with Crippen molar-refractivity contribution in [2.24, 2.45) is 5.41 Å². The summed E-state index contributed by atoms with van der Waals surface area (Å²) in [7, 11) is -3.93. The van der Waals surface area contributed by atoms with Gasteiger partial charge in [0.2, 0.25) is 15.9 Å². The van der Waals surface area contributed by atoms with Crippen LogP contribution in [0.3, 0.4) is 0 Å². The van der Waals surface area contributed by atoms with Crippen LogP contribution in [-0.2, 0) is 19.6 Å². The van der Waals surface area contributed by atoms with Gasteiger partial charge in [0.25, 0.3) is 0 Å². The fourth-order valence-corrected chi connectivity index (χ4v) is 2.21. The summed E-state index contributed by atoms with van der Waals surface area (Å²) in [5.41, 5.74) is 0.211. The molecule has 0 fully saturated rings. The summed E-state index contributed by atoms with van der Waals surface area (Å²) < 4.78 is 25.0. The van der Waals surface area contributed by atoms with Gasteiger partial charge in [-0.3, -0.25) is 14.3 Å². The molecule has 0 aliphatic carbocycles. The van der Waals surface area contributed by atoms with E-state index in [-0.39, 0.29) is 11.6 Å². The molecule has 0 atom stereocenters. The Labute approximate surface area is 123 Å². The average Bonchev–Trinajstić information content (AvgIpc) is 2.28. The summed E-state index contributed by atoms with van der Waals surface area (Å²) in [6.45, 7) is 5.32. The molecular weight excluding hydrogens is 296 g/mol. The quantitative estimate of drug-likeness (QED) is 0.762. The number of sulfonamides is 1. The summed E-state index contributed by atoms with van der Waals surface area (Å²) in [6.07, 6.45) is 0. The molecule has 21 heavy (non-hydrogen) atoms. The lowest BCUT2D eigenvalue weighted by Gasteiger charge is -2.17. The average molecular weight is 314 g/mol. The van der Waals surface area contributed by atoms with Gasteiger partial charge in [-0.15, -0.1) is 0 Å². The van der Waals surface area contributed by atoms with E-state index in [4.69, 9.17) is 5.11 Å². The highest BCUT2D eigenvalue weighted by molar-refractivity contribution is 7.93. The number of benzene rings is 1. The van der Waals surface area contributed by atoms with Gasteiger partial charge < -0.3 is 10.4 Å². The van der Waals surface area contributed by atoms with Gasteiger partial charge in [0, 0.05) is 16.8 Å². The molecule has 0 radical (unpaired) electrons. The second kappa shape index (κ2) is 6.13. The van der Waals surface area contributed by atoms with Crippen molar-refractivity contribution in [1.82, 2.24) is 0 Å². The van der Waals surface area contributed by atoms with Gasteiger partial charge in [-0.2, -0.15) is 0 Å². The van der Waals surface area contributed by atoms with Gasteiger partial charge in [-0.05, 0) is 24.3 Å². The third kappa shape index (κ3) is 5.82. The van der Waals surface area contributed by atoms with Crippen molar-refractivity contribution < 1.29 is 23.1 Å². The highest BCUT2D eigenvalue weighted by atomic mass is 32.2. The minimum atomic E-state index is -3.93. The SMILES string of the molecule is CC(C)(C)C(=O)Nc1ccc(NS(=O)(=O)CC(=O)O)cc1. The summed E-state index contributed by atoms with van der Waals surface area (Å²) in [5.74, 6) is -2.60. The number of aliphatic carboxylic acids is 1. The highest BCUT2D eigenvalue weighted by Crippen LogP contribution is 2.19.